The number of nitrogens with zero attached hydrogens (tertiary/aromatic N) is 1. The zero-order valence-electron chi connectivity index (χ0n) is 9.78. The Morgan fingerprint density at radius 1 is 1.50 bits per heavy atom. The summed E-state index contributed by atoms with van der Waals surface area (Å²) < 4.78 is 0. The third-order valence-electron chi connectivity index (χ3n) is 3.41. The largest absolute Gasteiger partial charge is 0.393 e. The maximum atomic E-state index is 9.83. The van der Waals surface area contributed by atoms with E-state index in [9.17, 15) is 5.11 Å². The smallest absolute Gasteiger partial charge is 0.0798 e. The molecule has 1 aromatic heterocycles. The molecule has 2 atom stereocenters. The van der Waals surface area contributed by atoms with Gasteiger partial charge in [0.05, 0.1) is 17.3 Å². The summed E-state index contributed by atoms with van der Waals surface area (Å²) in [6.45, 7) is 3.86. The predicted octanol–water partition coefficient (Wildman–Crippen LogP) is 2.09. The van der Waals surface area contributed by atoms with E-state index >= 15 is 0 Å². The Labute approximate surface area is 101 Å². The number of nitrogens with one attached hydrogen (secondary N) is 1. The van der Waals surface area contributed by atoms with Crippen molar-refractivity contribution in [2.45, 2.75) is 45.3 Å². The lowest BCUT2D eigenvalue weighted by atomic mass is 9.86. The first kappa shape index (κ1) is 12.0. The lowest BCUT2D eigenvalue weighted by molar-refractivity contribution is 0.0695. The third kappa shape index (κ3) is 3.03. The molecule has 1 fully saturated rings. The van der Waals surface area contributed by atoms with E-state index in [-0.39, 0.29) is 6.10 Å². The van der Waals surface area contributed by atoms with Crippen LogP contribution in [0.1, 0.15) is 36.3 Å². The average Bonchev–Trinajstić information content (AvgIpc) is 2.67. The van der Waals surface area contributed by atoms with Gasteiger partial charge in [-0.1, -0.05) is 12.8 Å². The monoisotopic (exact) mass is 240 g/mol. The summed E-state index contributed by atoms with van der Waals surface area (Å²) in [4.78, 5) is 5.54. The second kappa shape index (κ2) is 5.75. The van der Waals surface area contributed by atoms with E-state index in [0.717, 1.165) is 31.6 Å². The van der Waals surface area contributed by atoms with Crippen LogP contribution in [0.3, 0.4) is 0 Å². The van der Waals surface area contributed by atoms with Gasteiger partial charge in [-0.2, -0.15) is 0 Å². The minimum Gasteiger partial charge on any atom is -0.393 e. The Balaban J connectivity index is 1.73. The predicted molar refractivity (Wildman–Crippen MR) is 66.5 cm³/mol. The molecule has 0 spiro atoms. The van der Waals surface area contributed by atoms with Crippen LogP contribution in [0.4, 0.5) is 0 Å². The molecular weight excluding hydrogens is 220 g/mol. The van der Waals surface area contributed by atoms with Gasteiger partial charge in [0.2, 0.25) is 0 Å². The number of aliphatic hydroxyl groups excluding tert-OH is 1. The van der Waals surface area contributed by atoms with Gasteiger partial charge in [0.25, 0.3) is 0 Å². The van der Waals surface area contributed by atoms with Gasteiger partial charge in [-0.25, -0.2) is 4.98 Å². The quantitative estimate of drug-likeness (QED) is 0.847. The standard InChI is InChI=1S/C12H20N2OS/c1-9-12(16-8-14-9)7-13-6-10-4-2-3-5-11(10)15/h8,10-11,13,15H,2-7H2,1H3. The topological polar surface area (TPSA) is 45.2 Å². The highest BCUT2D eigenvalue weighted by Gasteiger charge is 2.22. The molecule has 3 nitrogen and oxygen atoms in total. The van der Waals surface area contributed by atoms with Crippen LogP contribution in [0.25, 0.3) is 0 Å². The Kier molecular flexibility index (Phi) is 4.32. The minimum absolute atomic E-state index is 0.0937. The second-order valence-electron chi connectivity index (χ2n) is 4.60. The lowest BCUT2D eigenvalue weighted by Crippen LogP contribution is -2.33. The summed E-state index contributed by atoms with van der Waals surface area (Å²) in [5, 5.41) is 13.3. The molecule has 16 heavy (non-hydrogen) atoms. The summed E-state index contributed by atoms with van der Waals surface area (Å²) in [5.74, 6) is 0.446. The van der Waals surface area contributed by atoms with E-state index in [1.807, 2.05) is 12.4 Å². The number of aliphatic hydroxyl groups is 1. The molecule has 0 amide bonds. The Hall–Kier alpha value is -0.450. The van der Waals surface area contributed by atoms with Crippen molar-refractivity contribution in [2.75, 3.05) is 6.54 Å². The van der Waals surface area contributed by atoms with Gasteiger partial charge in [-0.15, -0.1) is 11.3 Å². The number of rotatable bonds is 4. The van der Waals surface area contributed by atoms with Crippen LogP contribution >= 0.6 is 11.3 Å². The van der Waals surface area contributed by atoms with E-state index in [0.29, 0.717) is 5.92 Å². The first-order valence-electron chi connectivity index (χ1n) is 6.05. The number of aryl methyl sites for hydroxylation is 1. The van der Waals surface area contributed by atoms with Crippen molar-refractivity contribution in [3.05, 3.63) is 16.1 Å². The molecule has 1 aliphatic carbocycles. The fraction of sp³-hybridized carbons (Fsp3) is 0.750. The van der Waals surface area contributed by atoms with E-state index in [1.54, 1.807) is 11.3 Å². The summed E-state index contributed by atoms with van der Waals surface area (Å²) in [7, 11) is 0. The lowest BCUT2D eigenvalue weighted by Gasteiger charge is -2.27. The van der Waals surface area contributed by atoms with Gasteiger partial charge in [0.1, 0.15) is 0 Å². The molecule has 0 radical (unpaired) electrons. The Bertz CT molecular complexity index is 327. The van der Waals surface area contributed by atoms with Crippen LogP contribution in [0.2, 0.25) is 0 Å². The average molecular weight is 240 g/mol. The van der Waals surface area contributed by atoms with Crippen LogP contribution < -0.4 is 5.32 Å². The minimum atomic E-state index is -0.0937. The molecule has 1 aliphatic rings. The van der Waals surface area contributed by atoms with E-state index in [1.165, 1.54) is 17.7 Å². The number of hydrogen-bond acceptors (Lipinski definition) is 4. The molecule has 2 rings (SSSR count). The normalized spacial score (nSPS) is 25.9. The molecule has 1 aromatic rings. The van der Waals surface area contributed by atoms with Gasteiger partial charge in [0, 0.05) is 18.0 Å². The Morgan fingerprint density at radius 3 is 3.00 bits per heavy atom. The summed E-state index contributed by atoms with van der Waals surface area (Å²) in [6.07, 6.45) is 4.50. The molecule has 0 bridgehead atoms. The van der Waals surface area contributed by atoms with Crippen LogP contribution in [-0.2, 0) is 6.54 Å². The maximum Gasteiger partial charge on any atom is 0.0798 e. The zero-order valence-corrected chi connectivity index (χ0v) is 10.6. The number of thiazole rings is 1. The zero-order chi connectivity index (χ0) is 11.4. The van der Waals surface area contributed by atoms with Crippen molar-refractivity contribution in [2.24, 2.45) is 5.92 Å². The molecule has 1 saturated carbocycles. The molecular formula is C12H20N2OS. The molecule has 2 N–H and O–H groups in total. The van der Waals surface area contributed by atoms with Crippen molar-refractivity contribution in [3.8, 4) is 0 Å². The third-order valence-corrected chi connectivity index (χ3v) is 4.34. The first-order chi connectivity index (χ1) is 7.77. The summed E-state index contributed by atoms with van der Waals surface area (Å²) in [5.41, 5.74) is 3.02. The van der Waals surface area contributed by atoms with Gasteiger partial charge >= 0.3 is 0 Å². The highest BCUT2D eigenvalue weighted by Crippen LogP contribution is 2.23. The summed E-state index contributed by atoms with van der Waals surface area (Å²) >= 11 is 1.70. The van der Waals surface area contributed by atoms with Crippen molar-refractivity contribution in [3.63, 3.8) is 0 Å². The SMILES string of the molecule is Cc1ncsc1CNCC1CCCCC1O. The van der Waals surface area contributed by atoms with Gasteiger partial charge in [0.15, 0.2) is 0 Å². The van der Waals surface area contributed by atoms with Crippen LogP contribution in [0.5, 0.6) is 0 Å². The van der Waals surface area contributed by atoms with Crippen molar-refractivity contribution in [1.29, 1.82) is 0 Å². The van der Waals surface area contributed by atoms with Crippen LogP contribution in [-0.4, -0.2) is 22.7 Å². The fourth-order valence-corrected chi connectivity index (χ4v) is 3.04. The van der Waals surface area contributed by atoms with Gasteiger partial charge in [-0.3, -0.25) is 0 Å². The molecule has 1 heterocycles. The van der Waals surface area contributed by atoms with E-state index in [2.05, 4.69) is 10.3 Å². The Morgan fingerprint density at radius 2 is 2.31 bits per heavy atom. The van der Waals surface area contributed by atoms with Crippen LogP contribution in [0, 0.1) is 12.8 Å². The van der Waals surface area contributed by atoms with Gasteiger partial charge < -0.3 is 10.4 Å². The van der Waals surface area contributed by atoms with Crippen molar-refractivity contribution < 1.29 is 5.11 Å². The fourth-order valence-electron chi connectivity index (χ4n) is 2.29. The summed E-state index contributed by atoms with van der Waals surface area (Å²) in [6, 6.07) is 0. The maximum absolute atomic E-state index is 9.83. The first-order valence-corrected chi connectivity index (χ1v) is 6.93. The molecule has 0 aliphatic heterocycles. The highest BCUT2D eigenvalue weighted by atomic mass is 32.1. The molecule has 0 saturated heterocycles. The van der Waals surface area contributed by atoms with Crippen molar-refractivity contribution in [1.82, 2.24) is 10.3 Å². The van der Waals surface area contributed by atoms with E-state index in [4.69, 9.17) is 0 Å². The molecule has 2 unspecified atom stereocenters. The van der Waals surface area contributed by atoms with Crippen molar-refractivity contribution >= 4 is 11.3 Å². The van der Waals surface area contributed by atoms with E-state index < -0.39 is 0 Å². The molecule has 4 heteroatoms. The van der Waals surface area contributed by atoms with Gasteiger partial charge in [-0.05, 0) is 25.7 Å². The number of hydrogen-bond donors (Lipinski definition) is 2. The molecule has 90 valence electrons. The number of aromatic nitrogens is 1. The molecule has 0 aromatic carbocycles. The highest BCUT2D eigenvalue weighted by molar-refractivity contribution is 7.09. The van der Waals surface area contributed by atoms with Crippen LogP contribution in [0.15, 0.2) is 5.51 Å². The second-order valence-corrected chi connectivity index (χ2v) is 5.54.